The molecule has 80 valence electrons. The van der Waals surface area contributed by atoms with E-state index in [1.165, 1.54) is 0 Å². The highest BCUT2D eigenvalue weighted by Gasteiger charge is 2.33. The zero-order valence-electron chi connectivity index (χ0n) is 6.89. The smallest absolute Gasteiger partial charge is 0.257 e. The number of amides is 1. The third-order valence-corrected chi connectivity index (χ3v) is 1.51. The van der Waals surface area contributed by atoms with Crippen LogP contribution in [0, 0.1) is 0 Å². The summed E-state index contributed by atoms with van der Waals surface area (Å²) in [4.78, 5) is 20.4. The van der Waals surface area contributed by atoms with E-state index < -0.39 is 30.3 Å². The molecule has 4 atom stereocenters. The molecule has 0 aromatic heterocycles. The summed E-state index contributed by atoms with van der Waals surface area (Å²) in [5.41, 5.74) is 7.92. The molecule has 1 amide bonds. The lowest BCUT2D eigenvalue weighted by Crippen LogP contribution is -2.47. The highest BCUT2D eigenvalue weighted by Crippen LogP contribution is 2.05. The molecular formula is C6H9N2O6-. The van der Waals surface area contributed by atoms with E-state index in [2.05, 4.69) is 0 Å². The summed E-state index contributed by atoms with van der Waals surface area (Å²) in [6.07, 6.45) is -8.37. The lowest BCUT2D eigenvalue weighted by Gasteiger charge is -2.22. The first kappa shape index (κ1) is 12.8. The summed E-state index contributed by atoms with van der Waals surface area (Å²) in [7, 11) is 0. The van der Waals surface area contributed by atoms with Crippen molar-refractivity contribution in [2.45, 2.75) is 24.4 Å². The van der Waals surface area contributed by atoms with Gasteiger partial charge in [0.1, 0.15) is 18.3 Å². The van der Waals surface area contributed by atoms with Gasteiger partial charge < -0.3 is 35.9 Å². The Morgan fingerprint density at radius 2 is 1.71 bits per heavy atom. The Morgan fingerprint density at radius 3 is 2.07 bits per heavy atom. The Hall–Kier alpha value is -1.22. The van der Waals surface area contributed by atoms with Crippen LogP contribution >= 0.6 is 0 Å². The van der Waals surface area contributed by atoms with Gasteiger partial charge in [0.15, 0.2) is 12.4 Å². The number of hydrogen-bond donors (Lipinski definition) is 4. The molecule has 0 heterocycles. The van der Waals surface area contributed by atoms with Gasteiger partial charge in [-0.1, -0.05) is 0 Å². The Bertz CT molecular complexity index is 232. The summed E-state index contributed by atoms with van der Waals surface area (Å²) in [6.45, 7) is 0. The molecule has 4 N–H and O–H groups in total. The number of rotatable bonds is 5. The summed E-state index contributed by atoms with van der Waals surface area (Å²) in [5.74, 6) is -1.49. The van der Waals surface area contributed by atoms with Gasteiger partial charge in [-0.2, -0.15) is 0 Å². The van der Waals surface area contributed by atoms with E-state index in [0.717, 1.165) is 0 Å². The van der Waals surface area contributed by atoms with Crippen molar-refractivity contribution in [1.29, 1.82) is 0 Å². The number of carbonyl (C=O) groups excluding carboxylic acids is 2. The van der Waals surface area contributed by atoms with E-state index in [1.807, 2.05) is 5.11 Å². The molecule has 8 nitrogen and oxygen atoms in total. The van der Waals surface area contributed by atoms with Crippen LogP contribution in [0.5, 0.6) is 0 Å². The van der Waals surface area contributed by atoms with Crippen molar-refractivity contribution < 1.29 is 30.0 Å². The Labute approximate surface area is 78.3 Å². The quantitative estimate of drug-likeness (QED) is 0.281. The molecule has 8 heteroatoms. The molecule has 0 saturated heterocycles. The third kappa shape index (κ3) is 2.92. The molecular weight excluding hydrogens is 196 g/mol. The number of hydrogen-bond acceptors (Lipinski definition) is 6. The summed E-state index contributed by atoms with van der Waals surface area (Å²) in [6, 6.07) is 0. The van der Waals surface area contributed by atoms with Crippen molar-refractivity contribution in [3.05, 3.63) is 5.53 Å². The average molecular weight is 205 g/mol. The summed E-state index contributed by atoms with van der Waals surface area (Å²) < 4.78 is 0. The molecule has 0 aliphatic heterocycles. The Kier molecular flexibility index (Phi) is 5.02. The number of aliphatic hydroxyl groups excluding tert-OH is 4. The van der Waals surface area contributed by atoms with Gasteiger partial charge in [0, 0.05) is 0 Å². The lowest BCUT2D eigenvalue weighted by molar-refractivity contribution is -0.147. The van der Waals surface area contributed by atoms with Crippen molar-refractivity contribution in [3.63, 3.8) is 0 Å². The van der Waals surface area contributed by atoms with E-state index in [4.69, 9.17) is 26.0 Å². The third-order valence-electron chi connectivity index (χ3n) is 1.51. The molecule has 0 spiro atoms. The first-order chi connectivity index (χ1) is 6.45. The van der Waals surface area contributed by atoms with Gasteiger partial charge in [-0.3, -0.25) is 4.79 Å². The van der Waals surface area contributed by atoms with Gasteiger partial charge in [-0.05, 0) is 0 Å². The van der Waals surface area contributed by atoms with Crippen LogP contribution in [0.15, 0.2) is 5.11 Å². The minimum Gasteiger partial charge on any atom is -0.704 e. The molecule has 0 radical (unpaired) electrons. The summed E-state index contributed by atoms with van der Waals surface area (Å²) in [5, 5.41) is 37.5. The number of aldehydes is 1. The maximum absolute atomic E-state index is 10.5. The van der Waals surface area contributed by atoms with Gasteiger partial charge in [0.05, 0.1) is 0 Å². The molecule has 0 saturated carbocycles. The van der Waals surface area contributed by atoms with Crippen LogP contribution in [-0.2, 0) is 9.59 Å². The first-order valence-electron chi connectivity index (χ1n) is 3.52. The maximum atomic E-state index is 10.5. The molecule has 0 aromatic rings. The topological polar surface area (TPSA) is 150 Å². The normalized spacial score (nSPS) is 19.1. The van der Waals surface area contributed by atoms with Crippen LogP contribution in [0.4, 0.5) is 0 Å². The number of carbonyl (C=O) groups is 2. The molecule has 0 bridgehead atoms. The van der Waals surface area contributed by atoms with Crippen molar-refractivity contribution in [3.8, 4) is 0 Å². The highest BCUT2D eigenvalue weighted by atomic mass is 16.4. The second-order valence-electron chi connectivity index (χ2n) is 2.49. The van der Waals surface area contributed by atoms with E-state index in [1.54, 1.807) is 0 Å². The van der Waals surface area contributed by atoms with Gasteiger partial charge in [0.2, 0.25) is 0 Å². The molecule has 0 fully saturated rings. The van der Waals surface area contributed by atoms with E-state index in [0.29, 0.717) is 0 Å². The van der Waals surface area contributed by atoms with Crippen LogP contribution in [0.1, 0.15) is 0 Å². The second kappa shape index (κ2) is 5.50. The zero-order valence-corrected chi connectivity index (χ0v) is 6.89. The van der Waals surface area contributed by atoms with Gasteiger partial charge in [0.25, 0.3) is 5.91 Å². The molecule has 0 aromatic carbocycles. The van der Waals surface area contributed by atoms with Gasteiger partial charge in [-0.25, -0.2) is 0 Å². The van der Waals surface area contributed by atoms with Crippen LogP contribution < -0.4 is 0 Å². The predicted molar refractivity (Wildman–Crippen MR) is 40.9 cm³/mol. The monoisotopic (exact) mass is 205 g/mol. The van der Waals surface area contributed by atoms with Crippen LogP contribution in [0.2, 0.25) is 0 Å². The van der Waals surface area contributed by atoms with Crippen LogP contribution in [0.3, 0.4) is 0 Å². The van der Waals surface area contributed by atoms with E-state index in [-0.39, 0.29) is 6.29 Å². The van der Waals surface area contributed by atoms with E-state index >= 15 is 0 Å². The van der Waals surface area contributed by atoms with Crippen molar-refractivity contribution in [2.75, 3.05) is 0 Å². The molecule has 0 unspecified atom stereocenters. The van der Waals surface area contributed by atoms with Crippen LogP contribution in [-0.4, -0.2) is 57.0 Å². The predicted octanol–water partition coefficient (Wildman–Crippen LogP) is -2.82. The minimum absolute atomic E-state index is 0.0822. The van der Waals surface area contributed by atoms with Gasteiger partial charge in [-0.15, -0.1) is 0 Å². The second-order valence-corrected chi connectivity index (χ2v) is 2.49. The van der Waals surface area contributed by atoms with Crippen molar-refractivity contribution in [2.24, 2.45) is 5.11 Å². The SMILES string of the molecule is [N-]=NC(=O)[C@@H](O)[C@@H](O)[C@H](O)[C@@H](O)C=O. The molecule has 0 rings (SSSR count). The fourth-order valence-electron chi connectivity index (χ4n) is 0.675. The van der Waals surface area contributed by atoms with Gasteiger partial charge >= 0.3 is 0 Å². The van der Waals surface area contributed by atoms with Crippen LogP contribution in [0.25, 0.3) is 5.53 Å². The maximum Gasteiger partial charge on any atom is 0.257 e. The first-order valence-corrected chi connectivity index (χ1v) is 3.52. The number of nitrogens with zero attached hydrogens (tertiary/aromatic N) is 2. The van der Waals surface area contributed by atoms with Crippen molar-refractivity contribution in [1.82, 2.24) is 0 Å². The fraction of sp³-hybridized carbons (Fsp3) is 0.667. The Morgan fingerprint density at radius 1 is 1.21 bits per heavy atom. The zero-order chi connectivity index (χ0) is 11.3. The molecule has 0 aliphatic rings. The lowest BCUT2D eigenvalue weighted by atomic mass is 10.0. The largest absolute Gasteiger partial charge is 0.704 e. The van der Waals surface area contributed by atoms with E-state index in [9.17, 15) is 9.59 Å². The molecule has 0 aliphatic carbocycles. The standard InChI is InChI=1S/C6H9N2O6/c7-8-6(14)5(13)4(12)3(11)2(10)1-9/h1-5,10-13H/q-1/t2-,3+,4-,5-/m0/s1. The summed E-state index contributed by atoms with van der Waals surface area (Å²) >= 11 is 0. The van der Waals surface area contributed by atoms with Crippen molar-refractivity contribution >= 4 is 12.2 Å². The molecule has 14 heavy (non-hydrogen) atoms. The Balaban J connectivity index is 4.44. The minimum atomic E-state index is -2.20. The highest BCUT2D eigenvalue weighted by molar-refractivity contribution is 5.81. The number of aliphatic hydroxyl groups is 4. The average Bonchev–Trinajstić information content (AvgIpc) is 2.23. The fourth-order valence-corrected chi connectivity index (χ4v) is 0.675.